The van der Waals surface area contributed by atoms with Crippen molar-refractivity contribution in [3.63, 3.8) is 0 Å². The molecule has 0 saturated carbocycles. The number of hydrogen-bond acceptors (Lipinski definition) is 4. The minimum absolute atomic E-state index is 0.458. The Hall–Kier alpha value is -1.13. The first-order valence-corrected chi connectivity index (χ1v) is 7.88. The van der Waals surface area contributed by atoms with E-state index in [1.807, 2.05) is 0 Å². The van der Waals surface area contributed by atoms with Crippen LogP contribution in [-0.2, 0) is 0 Å². The Morgan fingerprint density at radius 3 is 2.95 bits per heavy atom. The van der Waals surface area contributed by atoms with Gasteiger partial charge in [0.15, 0.2) is 5.13 Å². The Labute approximate surface area is 118 Å². The average molecular weight is 275 g/mol. The highest BCUT2D eigenvalue weighted by Gasteiger charge is 2.15. The van der Waals surface area contributed by atoms with Crippen LogP contribution in [0.2, 0.25) is 0 Å². The first-order chi connectivity index (χ1) is 9.20. The monoisotopic (exact) mass is 275 g/mol. The van der Waals surface area contributed by atoms with Gasteiger partial charge in [0.05, 0.1) is 10.2 Å². The number of aromatic nitrogens is 1. The van der Waals surface area contributed by atoms with Crippen LogP contribution in [0.25, 0.3) is 10.2 Å². The summed E-state index contributed by atoms with van der Waals surface area (Å²) in [6, 6.07) is 6.93. The maximum absolute atomic E-state index is 4.68. The molecule has 0 aliphatic carbocycles. The van der Waals surface area contributed by atoms with E-state index < -0.39 is 0 Å². The first-order valence-electron chi connectivity index (χ1n) is 7.07. The van der Waals surface area contributed by atoms with Crippen molar-refractivity contribution in [3.8, 4) is 0 Å². The van der Waals surface area contributed by atoms with Gasteiger partial charge >= 0.3 is 0 Å². The molecule has 0 amide bonds. The Morgan fingerprint density at radius 2 is 2.16 bits per heavy atom. The van der Waals surface area contributed by atoms with Crippen molar-refractivity contribution >= 4 is 26.7 Å². The van der Waals surface area contributed by atoms with E-state index in [0.29, 0.717) is 6.04 Å². The summed E-state index contributed by atoms with van der Waals surface area (Å²) in [5, 5.41) is 4.59. The molecule has 2 heterocycles. The van der Waals surface area contributed by atoms with Crippen molar-refractivity contribution in [1.82, 2.24) is 9.88 Å². The van der Waals surface area contributed by atoms with E-state index in [9.17, 15) is 0 Å². The fraction of sp³-hybridized carbons (Fsp3) is 0.533. The zero-order chi connectivity index (χ0) is 13.2. The average Bonchev–Trinajstić information content (AvgIpc) is 2.97. The van der Waals surface area contributed by atoms with E-state index in [-0.39, 0.29) is 0 Å². The van der Waals surface area contributed by atoms with Crippen molar-refractivity contribution < 1.29 is 0 Å². The maximum Gasteiger partial charge on any atom is 0.184 e. The summed E-state index contributed by atoms with van der Waals surface area (Å²) >= 11 is 1.75. The fourth-order valence-corrected chi connectivity index (χ4v) is 3.67. The van der Waals surface area contributed by atoms with Gasteiger partial charge < -0.3 is 10.2 Å². The summed E-state index contributed by atoms with van der Waals surface area (Å²) in [6.45, 7) is 7.99. The standard InChI is InChI=1S/C15H21N3S/c1-11-5-6-14-13(9-11)17-15(19-14)16-12(2)10-18-7-3-4-8-18/h5-6,9,12H,3-4,7-8,10H2,1-2H3,(H,16,17). The van der Waals surface area contributed by atoms with Crippen molar-refractivity contribution in [1.29, 1.82) is 0 Å². The van der Waals surface area contributed by atoms with E-state index in [0.717, 1.165) is 17.2 Å². The highest BCUT2D eigenvalue weighted by Crippen LogP contribution is 2.27. The number of aryl methyl sites for hydroxylation is 1. The molecule has 1 unspecified atom stereocenters. The molecule has 1 N–H and O–H groups in total. The summed E-state index contributed by atoms with van der Waals surface area (Å²) in [4.78, 5) is 7.21. The second kappa shape index (κ2) is 5.47. The predicted octanol–water partition coefficient (Wildman–Crippen LogP) is 3.50. The van der Waals surface area contributed by atoms with Gasteiger partial charge in [0.1, 0.15) is 0 Å². The summed E-state index contributed by atoms with van der Waals surface area (Å²) < 4.78 is 1.27. The Kier molecular flexibility index (Phi) is 3.71. The molecule has 19 heavy (non-hydrogen) atoms. The molecular formula is C15H21N3S. The lowest BCUT2D eigenvalue weighted by molar-refractivity contribution is 0.328. The van der Waals surface area contributed by atoms with Crippen LogP contribution >= 0.6 is 11.3 Å². The fourth-order valence-electron chi connectivity index (χ4n) is 2.71. The lowest BCUT2D eigenvalue weighted by Gasteiger charge is -2.20. The molecule has 1 atom stereocenters. The highest BCUT2D eigenvalue weighted by atomic mass is 32.1. The number of likely N-dealkylation sites (tertiary alicyclic amines) is 1. The van der Waals surface area contributed by atoms with Crippen LogP contribution in [-0.4, -0.2) is 35.6 Å². The van der Waals surface area contributed by atoms with Gasteiger partial charge in [0.2, 0.25) is 0 Å². The first kappa shape index (κ1) is 12.9. The smallest absolute Gasteiger partial charge is 0.184 e. The second-order valence-corrected chi connectivity index (χ2v) is 6.57. The molecule has 1 aromatic carbocycles. The molecule has 102 valence electrons. The van der Waals surface area contributed by atoms with Crippen molar-refractivity contribution in [3.05, 3.63) is 23.8 Å². The summed E-state index contributed by atoms with van der Waals surface area (Å²) in [6.07, 6.45) is 2.71. The molecule has 1 saturated heterocycles. The molecular weight excluding hydrogens is 254 g/mol. The zero-order valence-corrected chi connectivity index (χ0v) is 12.5. The quantitative estimate of drug-likeness (QED) is 0.925. The van der Waals surface area contributed by atoms with E-state index in [4.69, 9.17) is 0 Å². The molecule has 1 fully saturated rings. The summed E-state index contributed by atoms with van der Waals surface area (Å²) in [5.74, 6) is 0. The Morgan fingerprint density at radius 1 is 1.37 bits per heavy atom. The number of fused-ring (bicyclic) bond motifs is 1. The van der Waals surface area contributed by atoms with Gasteiger partial charge in [0, 0.05) is 12.6 Å². The third-order valence-corrected chi connectivity index (χ3v) is 4.61. The van der Waals surface area contributed by atoms with Crippen molar-refractivity contribution in [2.45, 2.75) is 32.7 Å². The van der Waals surface area contributed by atoms with Crippen LogP contribution in [0.15, 0.2) is 18.2 Å². The molecule has 1 aromatic heterocycles. The van der Waals surface area contributed by atoms with E-state index in [2.05, 4.69) is 47.2 Å². The van der Waals surface area contributed by atoms with Gasteiger partial charge in [-0.2, -0.15) is 0 Å². The van der Waals surface area contributed by atoms with Crippen LogP contribution in [0, 0.1) is 6.92 Å². The third-order valence-electron chi connectivity index (χ3n) is 3.64. The molecule has 0 spiro atoms. The largest absolute Gasteiger partial charge is 0.358 e. The lowest BCUT2D eigenvalue weighted by atomic mass is 10.2. The number of rotatable bonds is 4. The Balaban J connectivity index is 1.66. The number of anilines is 1. The topological polar surface area (TPSA) is 28.2 Å². The molecule has 3 nitrogen and oxygen atoms in total. The SMILES string of the molecule is Cc1ccc2sc(NC(C)CN3CCCC3)nc2c1. The molecule has 2 aromatic rings. The van der Waals surface area contributed by atoms with Crippen molar-refractivity contribution in [2.75, 3.05) is 25.0 Å². The van der Waals surface area contributed by atoms with E-state index >= 15 is 0 Å². The minimum atomic E-state index is 0.458. The zero-order valence-electron chi connectivity index (χ0n) is 11.6. The van der Waals surface area contributed by atoms with Crippen LogP contribution < -0.4 is 5.32 Å². The number of thiazole rings is 1. The van der Waals surface area contributed by atoms with E-state index in [1.165, 1.54) is 36.2 Å². The van der Waals surface area contributed by atoms with Gasteiger partial charge in [-0.1, -0.05) is 17.4 Å². The van der Waals surface area contributed by atoms with Gasteiger partial charge in [-0.15, -0.1) is 0 Å². The van der Waals surface area contributed by atoms with Crippen LogP contribution in [0.3, 0.4) is 0 Å². The number of nitrogens with one attached hydrogen (secondary N) is 1. The summed E-state index contributed by atoms with van der Waals surface area (Å²) in [5.41, 5.74) is 2.38. The highest BCUT2D eigenvalue weighted by molar-refractivity contribution is 7.22. The molecule has 3 rings (SSSR count). The van der Waals surface area contributed by atoms with Crippen molar-refractivity contribution in [2.24, 2.45) is 0 Å². The van der Waals surface area contributed by atoms with E-state index in [1.54, 1.807) is 11.3 Å². The third kappa shape index (κ3) is 3.07. The summed E-state index contributed by atoms with van der Waals surface area (Å²) in [7, 11) is 0. The normalized spacial score (nSPS) is 18.0. The molecule has 1 aliphatic heterocycles. The molecule has 1 aliphatic rings. The maximum atomic E-state index is 4.68. The predicted molar refractivity (Wildman–Crippen MR) is 83.1 cm³/mol. The van der Waals surface area contributed by atoms with Gasteiger partial charge in [-0.3, -0.25) is 0 Å². The lowest BCUT2D eigenvalue weighted by Crippen LogP contribution is -2.32. The minimum Gasteiger partial charge on any atom is -0.358 e. The van der Waals surface area contributed by atoms with Crippen LogP contribution in [0.1, 0.15) is 25.3 Å². The molecule has 4 heteroatoms. The number of benzene rings is 1. The Bertz CT molecular complexity index is 558. The number of hydrogen-bond donors (Lipinski definition) is 1. The molecule has 0 radical (unpaired) electrons. The van der Waals surface area contributed by atoms with Gasteiger partial charge in [-0.05, 0) is 57.5 Å². The molecule has 0 bridgehead atoms. The van der Waals surface area contributed by atoms with Gasteiger partial charge in [0.25, 0.3) is 0 Å². The number of nitrogens with zero attached hydrogens (tertiary/aromatic N) is 2. The van der Waals surface area contributed by atoms with Crippen LogP contribution in [0.4, 0.5) is 5.13 Å². The second-order valence-electron chi connectivity index (χ2n) is 5.54. The van der Waals surface area contributed by atoms with Gasteiger partial charge in [-0.25, -0.2) is 4.98 Å². The van der Waals surface area contributed by atoms with Crippen LogP contribution in [0.5, 0.6) is 0 Å².